The number of nitrogens with zero attached hydrogens (tertiary/aromatic N) is 2. The fraction of sp³-hybridized carbons (Fsp3) is 0.333. The molecule has 2 fully saturated rings. The predicted molar refractivity (Wildman–Crippen MR) is 120 cm³/mol. The molecule has 2 aromatic rings. The molecule has 162 valence electrons. The Kier molecular flexibility index (Phi) is 5.35. The molecule has 0 radical (unpaired) electrons. The summed E-state index contributed by atoms with van der Waals surface area (Å²) in [5.41, 5.74) is 1.65. The lowest BCUT2D eigenvalue weighted by Gasteiger charge is -2.24. The number of rotatable bonds is 4. The molecule has 0 aliphatic carbocycles. The van der Waals surface area contributed by atoms with Gasteiger partial charge >= 0.3 is 0 Å². The van der Waals surface area contributed by atoms with Crippen molar-refractivity contribution in [3.8, 4) is 11.5 Å². The highest BCUT2D eigenvalue weighted by atomic mass is 35.5. The van der Waals surface area contributed by atoms with Crippen LogP contribution in [0.5, 0.6) is 11.5 Å². The fourth-order valence-electron chi connectivity index (χ4n) is 4.01. The van der Waals surface area contributed by atoms with Crippen LogP contribution >= 0.6 is 23.4 Å². The van der Waals surface area contributed by atoms with Gasteiger partial charge in [0.2, 0.25) is 6.79 Å². The largest absolute Gasteiger partial charge is 0.454 e. The minimum absolute atomic E-state index is 0.0624. The number of benzene rings is 2. The second-order valence-electron chi connectivity index (χ2n) is 7.67. The van der Waals surface area contributed by atoms with Crippen molar-refractivity contribution in [2.75, 3.05) is 18.3 Å². The lowest BCUT2D eigenvalue weighted by molar-refractivity contribution is -0.117. The van der Waals surface area contributed by atoms with Gasteiger partial charge in [0, 0.05) is 16.8 Å². The summed E-state index contributed by atoms with van der Waals surface area (Å²) in [6.45, 7) is 0.614. The molecule has 2 atom stereocenters. The standard InChI is InChI=1S/C21H19ClN2O5S2/c22-15-4-2-1-3-14(15)8-20(25)23-21-24(16-10-31(26,27)11-19(16)30-21)9-13-5-6-17-18(7-13)29-12-28-17/h1-7,16,19H,8-12H2/t16-,19+/m1/s1. The van der Waals surface area contributed by atoms with E-state index >= 15 is 0 Å². The summed E-state index contributed by atoms with van der Waals surface area (Å²) in [6.07, 6.45) is 0.0925. The molecule has 3 heterocycles. The van der Waals surface area contributed by atoms with Gasteiger partial charge in [-0.25, -0.2) is 8.42 Å². The molecule has 0 N–H and O–H groups in total. The van der Waals surface area contributed by atoms with Gasteiger partial charge in [0.1, 0.15) is 0 Å². The quantitative estimate of drug-likeness (QED) is 0.667. The Morgan fingerprint density at radius 2 is 1.97 bits per heavy atom. The number of amidine groups is 1. The van der Waals surface area contributed by atoms with E-state index in [2.05, 4.69) is 4.99 Å². The molecule has 10 heteroatoms. The number of thioether (sulfide) groups is 1. The van der Waals surface area contributed by atoms with Gasteiger partial charge in [0.05, 0.1) is 24.0 Å². The van der Waals surface area contributed by atoms with E-state index in [4.69, 9.17) is 21.1 Å². The molecule has 2 aromatic carbocycles. The maximum absolute atomic E-state index is 12.7. The van der Waals surface area contributed by atoms with E-state index in [0.717, 1.165) is 5.56 Å². The normalized spacial score (nSPS) is 24.5. The summed E-state index contributed by atoms with van der Waals surface area (Å²) >= 11 is 7.54. The maximum Gasteiger partial charge on any atom is 0.252 e. The van der Waals surface area contributed by atoms with Crippen LogP contribution in [0.2, 0.25) is 5.02 Å². The molecular formula is C21H19ClN2O5S2. The maximum atomic E-state index is 12.7. The Morgan fingerprint density at radius 3 is 2.81 bits per heavy atom. The number of hydrogen-bond donors (Lipinski definition) is 0. The van der Waals surface area contributed by atoms with Crippen molar-refractivity contribution >= 4 is 44.3 Å². The monoisotopic (exact) mass is 478 g/mol. The molecule has 3 aliphatic rings. The minimum atomic E-state index is -3.11. The lowest BCUT2D eigenvalue weighted by atomic mass is 10.1. The molecule has 2 saturated heterocycles. The third-order valence-corrected chi connectivity index (χ3v) is 9.10. The van der Waals surface area contributed by atoms with Crippen molar-refractivity contribution in [3.05, 3.63) is 58.6 Å². The van der Waals surface area contributed by atoms with E-state index in [1.807, 2.05) is 35.2 Å². The van der Waals surface area contributed by atoms with Crippen LogP contribution in [-0.2, 0) is 27.6 Å². The van der Waals surface area contributed by atoms with E-state index in [1.165, 1.54) is 11.8 Å². The summed E-state index contributed by atoms with van der Waals surface area (Å²) in [5, 5.41) is 0.945. The summed E-state index contributed by atoms with van der Waals surface area (Å²) in [6, 6.07) is 12.6. The van der Waals surface area contributed by atoms with Gasteiger partial charge in [-0.2, -0.15) is 4.99 Å². The highest BCUT2D eigenvalue weighted by Crippen LogP contribution is 2.40. The molecule has 3 aliphatic heterocycles. The molecule has 31 heavy (non-hydrogen) atoms. The van der Waals surface area contributed by atoms with Gasteiger partial charge in [-0.15, -0.1) is 0 Å². The summed E-state index contributed by atoms with van der Waals surface area (Å²) < 4.78 is 35.2. The van der Waals surface area contributed by atoms with E-state index in [9.17, 15) is 13.2 Å². The van der Waals surface area contributed by atoms with Crippen LogP contribution in [0, 0.1) is 0 Å². The number of aliphatic imine (C=N–C) groups is 1. The summed E-state index contributed by atoms with van der Waals surface area (Å²) in [7, 11) is -3.11. The number of amides is 1. The average Bonchev–Trinajstić information content (AvgIpc) is 3.37. The molecule has 5 rings (SSSR count). The molecule has 0 aromatic heterocycles. The van der Waals surface area contributed by atoms with Crippen molar-refractivity contribution in [2.45, 2.75) is 24.3 Å². The number of carbonyl (C=O) groups excluding carboxylic acids is 1. The molecular weight excluding hydrogens is 460 g/mol. The molecule has 0 unspecified atom stereocenters. The minimum Gasteiger partial charge on any atom is -0.454 e. The Labute approximate surface area is 189 Å². The number of fused-ring (bicyclic) bond motifs is 2. The Morgan fingerprint density at radius 1 is 1.16 bits per heavy atom. The van der Waals surface area contributed by atoms with Crippen molar-refractivity contribution in [2.24, 2.45) is 4.99 Å². The molecule has 0 bridgehead atoms. The number of halogens is 1. The molecule has 1 amide bonds. The van der Waals surface area contributed by atoms with Crippen LogP contribution in [-0.4, -0.2) is 54.0 Å². The third-order valence-electron chi connectivity index (χ3n) is 5.48. The average molecular weight is 479 g/mol. The Hall–Kier alpha value is -2.23. The third kappa shape index (κ3) is 4.26. The Bertz CT molecular complexity index is 1180. The van der Waals surface area contributed by atoms with Crippen LogP contribution in [0.4, 0.5) is 0 Å². The zero-order valence-corrected chi connectivity index (χ0v) is 18.8. The van der Waals surface area contributed by atoms with Gasteiger partial charge in [-0.1, -0.05) is 47.6 Å². The zero-order chi connectivity index (χ0) is 21.6. The van der Waals surface area contributed by atoms with Crippen molar-refractivity contribution in [1.82, 2.24) is 4.90 Å². The smallest absolute Gasteiger partial charge is 0.252 e. The second-order valence-corrected chi connectivity index (χ2v) is 11.4. The summed E-state index contributed by atoms with van der Waals surface area (Å²) in [5.74, 6) is 1.19. The first-order chi connectivity index (χ1) is 14.9. The van der Waals surface area contributed by atoms with Gasteiger partial charge in [-0.3, -0.25) is 4.79 Å². The zero-order valence-electron chi connectivity index (χ0n) is 16.4. The highest BCUT2D eigenvalue weighted by molar-refractivity contribution is 8.15. The van der Waals surface area contributed by atoms with E-state index in [1.54, 1.807) is 12.1 Å². The highest BCUT2D eigenvalue weighted by Gasteiger charge is 2.48. The van der Waals surface area contributed by atoms with Gasteiger partial charge in [0.25, 0.3) is 5.91 Å². The van der Waals surface area contributed by atoms with E-state index < -0.39 is 9.84 Å². The van der Waals surface area contributed by atoms with Gasteiger partial charge in [-0.05, 0) is 29.3 Å². The number of ether oxygens (including phenoxy) is 2. The van der Waals surface area contributed by atoms with E-state index in [0.29, 0.717) is 33.8 Å². The van der Waals surface area contributed by atoms with Crippen LogP contribution in [0.15, 0.2) is 47.5 Å². The lowest BCUT2D eigenvalue weighted by Crippen LogP contribution is -2.37. The first-order valence-corrected chi connectivity index (χ1v) is 12.8. The Balaban J connectivity index is 1.41. The van der Waals surface area contributed by atoms with Crippen LogP contribution in [0.25, 0.3) is 0 Å². The van der Waals surface area contributed by atoms with Crippen molar-refractivity contribution in [1.29, 1.82) is 0 Å². The van der Waals surface area contributed by atoms with E-state index in [-0.39, 0.29) is 41.9 Å². The van der Waals surface area contributed by atoms with Crippen molar-refractivity contribution in [3.63, 3.8) is 0 Å². The van der Waals surface area contributed by atoms with Gasteiger partial charge in [0.15, 0.2) is 26.5 Å². The van der Waals surface area contributed by atoms with Gasteiger partial charge < -0.3 is 14.4 Å². The number of hydrogen-bond acceptors (Lipinski definition) is 6. The number of carbonyl (C=O) groups is 1. The first-order valence-electron chi connectivity index (χ1n) is 9.75. The fourth-order valence-corrected chi connectivity index (χ4v) is 8.18. The second kappa shape index (κ2) is 8.03. The molecule has 0 saturated carbocycles. The first kappa shape index (κ1) is 20.7. The topological polar surface area (TPSA) is 85.3 Å². The SMILES string of the molecule is O=C(Cc1ccccc1Cl)N=C1S[C@H]2CS(=O)(=O)C[C@H]2N1Cc1ccc2c(c1)OCO2. The summed E-state index contributed by atoms with van der Waals surface area (Å²) in [4.78, 5) is 19.0. The van der Waals surface area contributed by atoms with Crippen molar-refractivity contribution < 1.29 is 22.7 Å². The number of sulfone groups is 1. The molecule has 0 spiro atoms. The molecule has 7 nitrogen and oxygen atoms in total. The van der Waals surface area contributed by atoms with Crippen LogP contribution < -0.4 is 9.47 Å². The van der Waals surface area contributed by atoms with Crippen LogP contribution in [0.3, 0.4) is 0 Å². The van der Waals surface area contributed by atoms with Crippen LogP contribution in [0.1, 0.15) is 11.1 Å². The predicted octanol–water partition coefficient (Wildman–Crippen LogP) is 2.91.